The minimum absolute atomic E-state index is 0.0819. The number of pyridine rings is 1. The standard InChI is InChI=1S/C13H15NO/c15-12-2-1-10-8-3-7-4-9(6-8)11(5-7)13(10)14-12/h1-2,7-9,11H,3-6H2,(H,14,15). The van der Waals surface area contributed by atoms with Gasteiger partial charge in [0.05, 0.1) is 0 Å². The number of H-pyrrole nitrogens is 1. The maximum Gasteiger partial charge on any atom is 0.248 e. The van der Waals surface area contributed by atoms with E-state index in [1.54, 1.807) is 6.07 Å². The van der Waals surface area contributed by atoms with Crippen molar-refractivity contribution in [3.63, 3.8) is 0 Å². The van der Waals surface area contributed by atoms with E-state index in [9.17, 15) is 4.79 Å². The molecule has 2 heteroatoms. The van der Waals surface area contributed by atoms with Crippen LogP contribution in [0.3, 0.4) is 0 Å². The van der Waals surface area contributed by atoms with Crippen LogP contribution >= 0.6 is 0 Å². The first kappa shape index (κ1) is 8.14. The maximum atomic E-state index is 11.4. The zero-order valence-corrected chi connectivity index (χ0v) is 8.70. The largest absolute Gasteiger partial charge is 0.326 e. The van der Waals surface area contributed by atoms with Crippen LogP contribution in [0.15, 0.2) is 16.9 Å². The first-order valence-electron chi connectivity index (χ1n) is 6.04. The number of aromatic amines is 1. The highest BCUT2D eigenvalue weighted by Gasteiger charge is 2.47. The second kappa shape index (κ2) is 2.55. The molecule has 78 valence electrons. The normalized spacial score (nSPS) is 40.5. The molecule has 0 aromatic carbocycles. The Morgan fingerprint density at radius 2 is 2.07 bits per heavy atom. The summed E-state index contributed by atoms with van der Waals surface area (Å²) < 4.78 is 0. The van der Waals surface area contributed by atoms with E-state index in [1.807, 2.05) is 0 Å². The third-order valence-electron chi connectivity index (χ3n) is 4.79. The maximum absolute atomic E-state index is 11.4. The van der Waals surface area contributed by atoms with Gasteiger partial charge in [0.25, 0.3) is 0 Å². The molecule has 3 bridgehead atoms. The van der Waals surface area contributed by atoms with Gasteiger partial charge in [0, 0.05) is 17.7 Å². The smallest absolute Gasteiger partial charge is 0.248 e. The van der Waals surface area contributed by atoms with Gasteiger partial charge in [-0.3, -0.25) is 4.79 Å². The number of nitrogens with one attached hydrogen (secondary N) is 1. The summed E-state index contributed by atoms with van der Waals surface area (Å²) in [5.74, 6) is 3.24. The molecule has 3 aliphatic carbocycles. The molecule has 4 rings (SSSR count). The van der Waals surface area contributed by atoms with E-state index < -0.39 is 0 Å². The van der Waals surface area contributed by atoms with E-state index >= 15 is 0 Å². The molecule has 1 N–H and O–H groups in total. The van der Waals surface area contributed by atoms with Gasteiger partial charge in [-0.1, -0.05) is 6.07 Å². The quantitative estimate of drug-likeness (QED) is 0.686. The lowest BCUT2D eigenvalue weighted by Gasteiger charge is -2.35. The van der Waals surface area contributed by atoms with Crippen molar-refractivity contribution < 1.29 is 0 Å². The predicted molar refractivity (Wildman–Crippen MR) is 58.0 cm³/mol. The average Bonchev–Trinajstić information content (AvgIpc) is 2.47. The zero-order valence-electron chi connectivity index (χ0n) is 8.70. The Balaban J connectivity index is 1.98. The van der Waals surface area contributed by atoms with Crippen LogP contribution in [0.2, 0.25) is 0 Å². The SMILES string of the molecule is O=c1ccc2c([nH]1)C1CC3CC2CC1C3. The number of hydrogen-bond acceptors (Lipinski definition) is 1. The number of aromatic nitrogens is 1. The van der Waals surface area contributed by atoms with E-state index in [4.69, 9.17) is 0 Å². The van der Waals surface area contributed by atoms with Gasteiger partial charge in [-0.25, -0.2) is 0 Å². The number of hydrogen-bond donors (Lipinski definition) is 1. The molecule has 2 saturated carbocycles. The van der Waals surface area contributed by atoms with Crippen molar-refractivity contribution in [1.82, 2.24) is 4.98 Å². The summed E-state index contributed by atoms with van der Waals surface area (Å²) in [6.07, 6.45) is 5.48. The molecular weight excluding hydrogens is 186 g/mol. The fourth-order valence-electron chi connectivity index (χ4n) is 4.33. The number of rotatable bonds is 0. The Labute approximate surface area is 88.7 Å². The lowest BCUT2D eigenvalue weighted by molar-refractivity contribution is 0.293. The van der Waals surface area contributed by atoms with Crippen molar-refractivity contribution in [3.8, 4) is 0 Å². The van der Waals surface area contributed by atoms with Gasteiger partial charge in [0.2, 0.25) is 5.56 Å². The summed E-state index contributed by atoms with van der Waals surface area (Å²) in [4.78, 5) is 14.5. The summed E-state index contributed by atoms with van der Waals surface area (Å²) in [5, 5.41) is 0. The van der Waals surface area contributed by atoms with Crippen molar-refractivity contribution in [2.45, 2.75) is 37.5 Å². The van der Waals surface area contributed by atoms with Crippen LogP contribution in [0.4, 0.5) is 0 Å². The van der Waals surface area contributed by atoms with Crippen molar-refractivity contribution in [1.29, 1.82) is 0 Å². The molecule has 3 aliphatic rings. The molecular formula is C13H15NO. The van der Waals surface area contributed by atoms with Gasteiger partial charge in [0.15, 0.2) is 0 Å². The third kappa shape index (κ3) is 0.973. The van der Waals surface area contributed by atoms with E-state index in [-0.39, 0.29) is 5.56 Å². The molecule has 4 unspecified atom stereocenters. The number of fused-ring (bicyclic) bond motifs is 5. The van der Waals surface area contributed by atoms with Crippen molar-refractivity contribution >= 4 is 0 Å². The fourth-order valence-corrected chi connectivity index (χ4v) is 4.33. The van der Waals surface area contributed by atoms with Crippen LogP contribution in [0.25, 0.3) is 0 Å². The highest BCUT2D eigenvalue weighted by Crippen LogP contribution is 2.59. The molecule has 2 fully saturated rings. The lowest BCUT2D eigenvalue weighted by Crippen LogP contribution is -2.25. The molecule has 1 aromatic heterocycles. The van der Waals surface area contributed by atoms with E-state index in [0.717, 1.165) is 17.8 Å². The molecule has 1 aromatic rings. The third-order valence-corrected chi connectivity index (χ3v) is 4.79. The second-order valence-electron chi connectivity index (χ2n) is 5.56. The summed E-state index contributed by atoms with van der Waals surface area (Å²) >= 11 is 0. The van der Waals surface area contributed by atoms with E-state index in [2.05, 4.69) is 11.1 Å². The van der Waals surface area contributed by atoms with E-state index in [1.165, 1.54) is 36.9 Å². The highest BCUT2D eigenvalue weighted by atomic mass is 16.1. The molecule has 0 radical (unpaired) electrons. The molecule has 2 nitrogen and oxygen atoms in total. The molecule has 0 saturated heterocycles. The minimum atomic E-state index is 0.0819. The van der Waals surface area contributed by atoms with Gasteiger partial charge < -0.3 is 4.98 Å². The second-order valence-corrected chi connectivity index (χ2v) is 5.56. The summed E-state index contributed by atoms with van der Waals surface area (Å²) in [7, 11) is 0. The summed E-state index contributed by atoms with van der Waals surface area (Å²) in [6, 6.07) is 3.78. The Morgan fingerprint density at radius 3 is 3.00 bits per heavy atom. The highest BCUT2D eigenvalue weighted by molar-refractivity contribution is 5.34. The summed E-state index contributed by atoms with van der Waals surface area (Å²) in [5.41, 5.74) is 2.83. The molecule has 15 heavy (non-hydrogen) atoms. The van der Waals surface area contributed by atoms with Crippen molar-refractivity contribution in [2.24, 2.45) is 11.8 Å². The fraction of sp³-hybridized carbons (Fsp3) is 0.615. The first-order chi connectivity index (χ1) is 7.31. The van der Waals surface area contributed by atoms with Crippen LogP contribution < -0.4 is 5.56 Å². The van der Waals surface area contributed by atoms with Crippen LogP contribution in [-0.4, -0.2) is 4.98 Å². The Morgan fingerprint density at radius 1 is 1.13 bits per heavy atom. The Kier molecular flexibility index (Phi) is 1.38. The van der Waals surface area contributed by atoms with Crippen LogP contribution in [0, 0.1) is 11.8 Å². The van der Waals surface area contributed by atoms with E-state index in [0.29, 0.717) is 5.92 Å². The van der Waals surface area contributed by atoms with Crippen molar-refractivity contribution in [3.05, 3.63) is 33.7 Å². The topological polar surface area (TPSA) is 32.9 Å². The molecule has 0 spiro atoms. The molecule has 0 aliphatic heterocycles. The first-order valence-corrected chi connectivity index (χ1v) is 6.04. The Hall–Kier alpha value is -1.05. The molecule has 0 amide bonds. The van der Waals surface area contributed by atoms with Gasteiger partial charge >= 0.3 is 0 Å². The van der Waals surface area contributed by atoms with Crippen LogP contribution in [0.1, 0.15) is 48.8 Å². The monoisotopic (exact) mass is 201 g/mol. The molecule has 4 atom stereocenters. The van der Waals surface area contributed by atoms with Gasteiger partial charge in [-0.2, -0.15) is 0 Å². The van der Waals surface area contributed by atoms with Gasteiger partial charge in [-0.15, -0.1) is 0 Å². The lowest BCUT2D eigenvalue weighted by atomic mass is 9.71. The predicted octanol–water partition coefficient (Wildman–Crippen LogP) is 2.38. The van der Waals surface area contributed by atoms with Crippen molar-refractivity contribution in [2.75, 3.05) is 0 Å². The summed E-state index contributed by atoms with van der Waals surface area (Å²) in [6.45, 7) is 0. The Bertz CT molecular complexity index is 474. The van der Waals surface area contributed by atoms with Crippen LogP contribution in [-0.2, 0) is 0 Å². The zero-order chi connectivity index (χ0) is 9.99. The molecule has 1 heterocycles. The van der Waals surface area contributed by atoms with Crippen LogP contribution in [0.5, 0.6) is 0 Å². The van der Waals surface area contributed by atoms with Gasteiger partial charge in [-0.05, 0) is 49.0 Å². The van der Waals surface area contributed by atoms with Gasteiger partial charge in [0.1, 0.15) is 0 Å². The minimum Gasteiger partial charge on any atom is -0.326 e. The average molecular weight is 201 g/mol.